The van der Waals surface area contributed by atoms with Crippen LogP contribution < -0.4 is 20.9 Å². The summed E-state index contributed by atoms with van der Waals surface area (Å²) in [4.78, 5) is 18.4. The molecule has 0 aliphatic carbocycles. The number of nitrogens with one attached hydrogen (secondary N) is 3. The maximum Gasteiger partial charge on any atom is 0.251 e. The number of piperidine rings is 1. The lowest BCUT2D eigenvalue weighted by atomic mass is 10.1. The molecule has 1 saturated heterocycles. The molecule has 7 heteroatoms. The summed E-state index contributed by atoms with van der Waals surface area (Å²) in [6.45, 7) is 2.80. The predicted molar refractivity (Wildman–Crippen MR) is 113 cm³/mol. The maximum atomic E-state index is 11.6. The van der Waals surface area contributed by atoms with Crippen molar-refractivity contribution in [2.45, 2.75) is 25.4 Å². The topological polar surface area (TPSA) is 68.8 Å². The molecule has 1 aromatic heterocycles. The summed E-state index contributed by atoms with van der Waals surface area (Å²) in [6, 6.07) is 12.3. The molecule has 0 bridgehead atoms. The summed E-state index contributed by atoms with van der Waals surface area (Å²) < 4.78 is 0. The normalized spacial score (nSPS) is 15.5. The molecule has 144 valence electrons. The van der Waals surface area contributed by atoms with Gasteiger partial charge in [-0.25, -0.2) is 0 Å². The average molecular weight is 386 g/mol. The third kappa shape index (κ3) is 5.23. The van der Waals surface area contributed by atoms with Gasteiger partial charge in [0.1, 0.15) is 0 Å². The van der Waals surface area contributed by atoms with Crippen LogP contribution in [0.15, 0.2) is 46.8 Å². The smallest absolute Gasteiger partial charge is 0.251 e. The number of amides is 1. The number of anilines is 1. The van der Waals surface area contributed by atoms with E-state index in [2.05, 4.69) is 43.4 Å². The van der Waals surface area contributed by atoms with Crippen LogP contribution in [0, 0.1) is 0 Å². The van der Waals surface area contributed by atoms with Gasteiger partial charge in [-0.15, -0.1) is 11.3 Å². The molecule has 3 rings (SSSR count). The highest BCUT2D eigenvalue weighted by molar-refractivity contribution is 7.14. The van der Waals surface area contributed by atoms with Crippen molar-refractivity contribution in [2.24, 2.45) is 4.99 Å². The highest BCUT2D eigenvalue weighted by Crippen LogP contribution is 2.24. The van der Waals surface area contributed by atoms with Gasteiger partial charge in [0.15, 0.2) is 5.96 Å². The van der Waals surface area contributed by atoms with E-state index < -0.39 is 0 Å². The predicted octanol–water partition coefficient (Wildman–Crippen LogP) is 2.44. The van der Waals surface area contributed by atoms with Crippen molar-refractivity contribution in [1.29, 1.82) is 0 Å². The number of rotatable bonds is 5. The fourth-order valence-corrected chi connectivity index (χ4v) is 3.97. The minimum atomic E-state index is -0.0686. The fraction of sp³-hybridized carbons (Fsp3) is 0.400. The molecule has 1 aliphatic heterocycles. The van der Waals surface area contributed by atoms with E-state index in [0.29, 0.717) is 18.2 Å². The van der Waals surface area contributed by atoms with Gasteiger partial charge in [0, 0.05) is 45.3 Å². The number of carbonyl (C=O) groups excluding carboxylic acids is 1. The molecule has 1 aromatic carbocycles. The van der Waals surface area contributed by atoms with Crippen LogP contribution >= 0.6 is 11.3 Å². The van der Waals surface area contributed by atoms with E-state index in [1.807, 2.05) is 24.3 Å². The number of nitrogens with zero attached hydrogens (tertiary/aromatic N) is 2. The maximum absolute atomic E-state index is 11.6. The van der Waals surface area contributed by atoms with E-state index in [1.54, 1.807) is 25.4 Å². The van der Waals surface area contributed by atoms with Gasteiger partial charge < -0.3 is 20.9 Å². The Bertz CT molecular complexity index is 749. The minimum absolute atomic E-state index is 0.0686. The zero-order chi connectivity index (χ0) is 19.1. The van der Waals surface area contributed by atoms with Crippen molar-refractivity contribution < 1.29 is 4.79 Å². The third-order valence-electron chi connectivity index (χ3n) is 4.78. The number of hydrogen-bond donors (Lipinski definition) is 3. The SMILES string of the molecule is CN=C(NCc1ccc(C(=O)NC)cc1)NC1CCN(c2cccs2)CC1. The molecular weight excluding hydrogens is 358 g/mol. The highest BCUT2D eigenvalue weighted by Gasteiger charge is 2.20. The van der Waals surface area contributed by atoms with Gasteiger partial charge in [-0.1, -0.05) is 12.1 Å². The number of carbonyl (C=O) groups is 1. The highest BCUT2D eigenvalue weighted by atomic mass is 32.1. The summed E-state index contributed by atoms with van der Waals surface area (Å²) >= 11 is 1.80. The first-order valence-corrected chi connectivity index (χ1v) is 10.1. The van der Waals surface area contributed by atoms with Crippen LogP contribution in [0.5, 0.6) is 0 Å². The Labute approximate surface area is 164 Å². The van der Waals surface area contributed by atoms with E-state index in [-0.39, 0.29) is 5.91 Å². The van der Waals surface area contributed by atoms with Gasteiger partial charge >= 0.3 is 0 Å². The Morgan fingerprint density at radius 3 is 2.56 bits per heavy atom. The lowest BCUT2D eigenvalue weighted by Gasteiger charge is -2.33. The van der Waals surface area contributed by atoms with Gasteiger partial charge in [-0.2, -0.15) is 0 Å². The lowest BCUT2D eigenvalue weighted by Crippen LogP contribution is -2.48. The third-order valence-corrected chi connectivity index (χ3v) is 5.71. The average Bonchev–Trinajstić information content (AvgIpc) is 3.26. The van der Waals surface area contributed by atoms with Gasteiger partial charge in [0.25, 0.3) is 5.91 Å². The summed E-state index contributed by atoms with van der Waals surface area (Å²) in [7, 11) is 3.43. The zero-order valence-electron chi connectivity index (χ0n) is 15.9. The molecule has 0 spiro atoms. The quantitative estimate of drug-likeness (QED) is 0.546. The van der Waals surface area contributed by atoms with Crippen LogP contribution in [0.3, 0.4) is 0 Å². The van der Waals surface area contributed by atoms with E-state index in [4.69, 9.17) is 0 Å². The van der Waals surface area contributed by atoms with Gasteiger partial charge in [-0.05, 0) is 48.1 Å². The van der Waals surface area contributed by atoms with Crippen LogP contribution in [0.25, 0.3) is 0 Å². The molecule has 27 heavy (non-hydrogen) atoms. The summed E-state index contributed by atoms with van der Waals surface area (Å²) in [5.74, 6) is 0.751. The van der Waals surface area contributed by atoms with Crippen LogP contribution in [0.1, 0.15) is 28.8 Å². The Morgan fingerprint density at radius 2 is 1.96 bits per heavy atom. The van der Waals surface area contributed by atoms with Crippen LogP contribution in [-0.4, -0.2) is 45.1 Å². The Morgan fingerprint density at radius 1 is 1.22 bits per heavy atom. The molecule has 0 radical (unpaired) electrons. The number of thiophene rings is 1. The zero-order valence-corrected chi connectivity index (χ0v) is 16.7. The number of benzene rings is 1. The fourth-order valence-electron chi connectivity index (χ4n) is 3.19. The summed E-state index contributed by atoms with van der Waals surface area (Å²) in [6.07, 6.45) is 2.19. The van der Waals surface area contributed by atoms with Gasteiger partial charge in [-0.3, -0.25) is 9.79 Å². The lowest BCUT2D eigenvalue weighted by molar-refractivity contribution is 0.0963. The minimum Gasteiger partial charge on any atom is -0.363 e. The molecule has 2 heterocycles. The number of guanidine groups is 1. The molecule has 0 saturated carbocycles. The van der Waals surface area contributed by atoms with Crippen molar-refractivity contribution in [1.82, 2.24) is 16.0 Å². The molecule has 0 atom stereocenters. The van der Waals surface area contributed by atoms with E-state index in [0.717, 1.165) is 37.5 Å². The van der Waals surface area contributed by atoms with E-state index >= 15 is 0 Å². The van der Waals surface area contributed by atoms with Gasteiger partial charge in [0.2, 0.25) is 0 Å². The number of aliphatic imine (C=N–C) groups is 1. The van der Waals surface area contributed by atoms with Crippen molar-refractivity contribution in [2.75, 3.05) is 32.1 Å². The Hall–Kier alpha value is -2.54. The van der Waals surface area contributed by atoms with Crippen LogP contribution in [0.4, 0.5) is 5.00 Å². The molecule has 6 nitrogen and oxygen atoms in total. The first-order valence-electron chi connectivity index (χ1n) is 9.26. The Balaban J connectivity index is 1.45. The first kappa shape index (κ1) is 19.2. The summed E-state index contributed by atoms with van der Waals surface area (Å²) in [5, 5.41) is 13.0. The van der Waals surface area contributed by atoms with Crippen LogP contribution in [0.2, 0.25) is 0 Å². The van der Waals surface area contributed by atoms with Crippen molar-refractivity contribution in [3.8, 4) is 0 Å². The second-order valence-electron chi connectivity index (χ2n) is 6.56. The molecule has 1 amide bonds. The molecule has 0 unspecified atom stereocenters. The first-order chi connectivity index (χ1) is 13.2. The molecule has 1 fully saturated rings. The van der Waals surface area contributed by atoms with Crippen LogP contribution in [-0.2, 0) is 6.54 Å². The van der Waals surface area contributed by atoms with E-state index in [9.17, 15) is 4.79 Å². The van der Waals surface area contributed by atoms with Crippen molar-refractivity contribution in [3.63, 3.8) is 0 Å². The van der Waals surface area contributed by atoms with Crippen molar-refractivity contribution in [3.05, 3.63) is 52.9 Å². The monoisotopic (exact) mass is 385 g/mol. The number of hydrogen-bond acceptors (Lipinski definition) is 4. The summed E-state index contributed by atoms with van der Waals surface area (Å²) in [5.41, 5.74) is 1.78. The van der Waals surface area contributed by atoms with Crippen molar-refractivity contribution >= 4 is 28.2 Å². The molecule has 2 aromatic rings. The van der Waals surface area contributed by atoms with Gasteiger partial charge in [0.05, 0.1) is 5.00 Å². The molecule has 1 aliphatic rings. The molecular formula is C20H27N5OS. The standard InChI is InChI=1S/C20H27N5OS/c1-21-19(26)16-7-5-15(6-8-16)14-23-20(22-2)24-17-9-11-25(12-10-17)18-4-3-13-27-18/h3-8,13,17H,9-12,14H2,1-2H3,(H,21,26)(H2,22,23,24). The Kier molecular flexibility index (Phi) is 6.70. The van der Waals surface area contributed by atoms with E-state index in [1.165, 1.54) is 5.00 Å². The largest absolute Gasteiger partial charge is 0.363 e. The molecule has 3 N–H and O–H groups in total. The second-order valence-corrected chi connectivity index (χ2v) is 7.48. The second kappa shape index (κ2) is 9.41.